The molecule has 0 radical (unpaired) electrons. The fourth-order valence-corrected chi connectivity index (χ4v) is 4.10. The maximum absolute atomic E-state index is 12.3. The highest BCUT2D eigenvalue weighted by atomic mass is 16.5. The molecule has 0 saturated carbocycles. The fourth-order valence-electron chi connectivity index (χ4n) is 4.10. The first kappa shape index (κ1) is 31.1. The molecule has 0 spiro atoms. The number of ether oxygens (including phenoxy) is 1. The Morgan fingerprint density at radius 1 is 0.688 bits per heavy atom. The summed E-state index contributed by atoms with van der Waals surface area (Å²) in [4.78, 5) is 24.4. The van der Waals surface area contributed by atoms with Gasteiger partial charge in [-0.25, -0.2) is 0 Å². The Balaban J connectivity index is 3.72. The topological polar surface area (TPSA) is 43.4 Å². The Labute approximate surface area is 200 Å². The van der Waals surface area contributed by atoms with Gasteiger partial charge in [0.25, 0.3) is 0 Å². The molecule has 0 aliphatic heterocycles. The van der Waals surface area contributed by atoms with Gasteiger partial charge in [0.1, 0.15) is 12.3 Å². The zero-order chi connectivity index (χ0) is 24.2. The second-order valence-electron chi connectivity index (χ2n) is 11.1. The first-order chi connectivity index (χ1) is 15.2. The highest BCUT2D eigenvalue weighted by molar-refractivity contribution is 5.81. The number of Topliss-reactive ketones (excluding diaryl/α,β-unsaturated/α-hetero) is 1. The summed E-state index contributed by atoms with van der Waals surface area (Å²) in [7, 11) is 6.19. The maximum atomic E-state index is 12.3. The molecule has 0 aromatic heterocycles. The highest BCUT2D eigenvalue weighted by Gasteiger charge is 2.25. The third kappa shape index (κ3) is 21.0. The molecule has 1 unspecified atom stereocenters. The van der Waals surface area contributed by atoms with E-state index >= 15 is 0 Å². The largest absolute Gasteiger partial charge is 0.456 e. The molecule has 0 fully saturated rings. The minimum atomic E-state index is -0.311. The van der Waals surface area contributed by atoms with Crippen LogP contribution in [0.5, 0.6) is 0 Å². The Hall–Kier alpha value is -0.900. The Morgan fingerprint density at radius 2 is 1.09 bits per heavy atom. The minimum absolute atomic E-state index is 0.0146. The van der Waals surface area contributed by atoms with E-state index in [4.69, 9.17) is 4.74 Å². The molecule has 190 valence electrons. The number of esters is 1. The molecule has 0 aliphatic carbocycles. The number of likely N-dealkylation sites (N-methyl/N-ethyl adjacent to an activating group) is 1. The quantitative estimate of drug-likeness (QED) is 0.0967. The number of unbranched alkanes of at least 4 members (excludes halogenated alkanes) is 14. The number of nitrogens with zero attached hydrogens (tertiary/aromatic N) is 1. The molecule has 0 amide bonds. The SMILES string of the molecule is CCCCCCCCCCCCCCCCCC(=O)OC(CC(=O)C(C)C)C[N+](C)(C)C. The normalized spacial score (nSPS) is 12.8. The standard InChI is InChI=1S/C28H56NO3/c1-7-8-9-10-11-12-13-14-15-16-17-18-19-20-21-22-28(31)32-26(24-29(4,5)6)23-27(30)25(2)3/h25-26H,7-24H2,1-6H3/q+1. The van der Waals surface area contributed by atoms with Crippen LogP contribution in [0.1, 0.15) is 130 Å². The summed E-state index contributed by atoms with van der Waals surface area (Å²) >= 11 is 0. The molecule has 0 bridgehead atoms. The van der Waals surface area contributed by atoms with Gasteiger partial charge in [-0.05, 0) is 6.42 Å². The summed E-state index contributed by atoms with van der Waals surface area (Å²) in [6, 6.07) is 0. The van der Waals surface area contributed by atoms with E-state index in [0.717, 1.165) is 12.8 Å². The van der Waals surface area contributed by atoms with E-state index in [1.165, 1.54) is 83.5 Å². The predicted molar refractivity (Wildman–Crippen MR) is 137 cm³/mol. The second-order valence-corrected chi connectivity index (χ2v) is 11.1. The number of quaternary nitrogens is 1. The van der Waals surface area contributed by atoms with Gasteiger partial charge in [-0.15, -0.1) is 0 Å². The lowest BCUT2D eigenvalue weighted by atomic mass is 10.0. The first-order valence-electron chi connectivity index (χ1n) is 13.7. The molecule has 0 aromatic carbocycles. The van der Waals surface area contributed by atoms with Crippen LogP contribution in [0.3, 0.4) is 0 Å². The van der Waals surface area contributed by atoms with Crippen molar-refractivity contribution in [1.29, 1.82) is 0 Å². The van der Waals surface area contributed by atoms with E-state index in [0.29, 0.717) is 23.9 Å². The van der Waals surface area contributed by atoms with E-state index in [-0.39, 0.29) is 23.8 Å². The van der Waals surface area contributed by atoms with E-state index in [1.807, 2.05) is 13.8 Å². The summed E-state index contributed by atoms with van der Waals surface area (Å²) in [5.74, 6) is 0.0112. The summed E-state index contributed by atoms with van der Waals surface area (Å²) in [5, 5.41) is 0. The van der Waals surface area contributed by atoms with Gasteiger partial charge in [-0.1, -0.05) is 111 Å². The van der Waals surface area contributed by atoms with Crippen LogP contribution in [0.25, 0.3) is 0 Å². The molecule has 0 saturated heterocycles. The molecule has 0 heterocycles. The van der Waals surface area contributed by atoms with Crippen LogP contribution in [-0.2, 0) is 14.3 Å². The van der Waals surface area contributed by atoms with E-state index in [9.17, 15) is 9.59 Å². The van der Waals surface area contributed by atoms with Crippen LogP contribution in [0.2, 0.25) is 0 Å². The molecule has 4 heteroatoms. The van der Waals surface area contributed by atoms with Crippen LogP contribution in [0, 0.1) is 5.92 Å². The lowest BCUT2D eigenvalue weighted by Crippen LogP contribution is -2.44. The van der Waals surface area contributed by atoms with Crippen LogP contribution >= 0.6 is 0 Å². The molecular weight excluding hydrogens is 398 g/mol. The van der Waals surface area contributed by atoms with E-state index in [1.54, 1.807) is 0 Å². The third-order valence-corrected chi connectivity index (χ3v) is 6.11. The maximum Gasteiger partial charge on any atom is 0.306 e. The van der Waals surface area contributed by atoms with Crippen LogP contribution in [-0.4, -0.2) is 50.0 Å². The Bertz CT molecular complexity index is 468. The smallest absolute Gasteiger partial charge is 0.306 e. The molecule has 0 aromatic rings. The number of carbonyl (C=O) groups excluding carboxylic acids is 2. The van der Waals surface area contributed by atoms with Gasteiger partial charge in [0.05, 0.1) is 21.1 Å². The van der Waals surface area contributed by atoms with Crippen molar-refractivity contribution >= 4 is 11.8 Å². The number of hydrogen-bond donors (Lipinski definition) is 0. The van der Waals surface area contributed by atoms with Gasteiger partial charge in [0, 0.05) is 18.8 Å². The molecule has 4 nitrogen and oxygen atoms in total. The van der Waals surface area contributed by atoms with Crippen molar-refractivity contribution in [1.82, 2.24) is 0 Å². The predicted octanol–water partition coefficient (Wildman–Crippen LogP) is 7.48. The van der Waals surface area contributed by atoms with Gasteiger partial charge in [0.15, 0.2) is 6.10 Å². The molecule has 1 atom stereocenters. The number of carbonyl (C=O) groups is 2. The van der Waals surface area contributed by atoms with E-state index in [2.05, 4.69) is 28.1 Å². The molecule has 0 N–H and O–H groups in total. The zero-order valence-electron chi connectivity index (χ0n) is 22.6. The van der Waals surface area contributed by atoms with Gasteiger partial charge >= 0.3 is 5.97 Å². The van der Waals surface area contributed by atoms with Crippen molar-refractivity contribution in [3.8, 4) is 0 Å². The van der Waals surface area contributed by atoms with Crippen molar-refractivity contribution in [2.45, 2.75) is 136 Å². The summed E-state index contributed by atoms with van der Waals surface area (Å²) < 4.78 is 6.37. The average Bonchev–Trinajstić information content (AvgIpc) is 2.69. The number of ketones is 1. The fraction of sp³-hybridized carbons (Fsp3) is 0.929. The van der Waals surface area contributed by atoms with Crippen molar-refractivity contribution < 1.29 is 18.8 Å². The average molecular weight is 455 g/mol. The zero-order valence-corrected chi connectivity index (χ0v) is 22.6. The van der Waals surface area contributed by atoms with Crippen molar-refractivity contribution in [2.24, 2.45) is 5.92 Å². The highest BCUT2D eigenvalue weighted by Crippen LogP contribution is 2.15. The summed E-state index contributed by atoms with van der Waals surface area (Å²) in [5.41, 5.74) is 0. The van der Waals surface area contributed by atoms with Crippen LogP contribution in [0.4, 0.5) is 0 Å². The molecule has 32 heavy (non-hydrogen) atoms. The van der Waals surface area contributed by atoms with Crippen molar-refractivity contribution in [3.05, 3.63) is 0 Å². The third-order valence-electron chi connectivity index (χ3n) is 6.11. The first-order valence-corrected chi connectivity index (χ1v) is 13.7. The van der Waals surface area contributed by atoms with E-state index < -0.39 is 0 Å². The second kappa shape index (κ2) is 19.6. The van der Waals surface area contributed by atoms with Crippen molar-refractivity contribution in [3.63, 3.8) is 0 Å². The van der Waals surface area contributed by atoms with Gasteiger partial charge in [0.2, 0.25) is 0 Å². The Morgan fingerprint density at radius 3 is 1.47 bits per heavy atom. The summed E-state index contributed by atoms with van der Waals surface area (Å²) in [6.07, 6.45) is 20.3. The van der Waals surface area contributed by atoms with Crippen LogP contribution < -0.4 is 0 Å². The van der Waals surface area contributed by atoms with Crippen LogP contribution in [0.15, 0.2) is 0 Å². The molecule has 0 aliphatic rings. The Kier molecular flexibility index (Phi) is 19.0. The summed E-state index contributed by atoms with van der Waals surface area (Å²) in [6.45, 7) is 6.76. The lowest BCUT2D eigenvalue weighted by Gasteiger charge is -2.29. The van der Waals surface area contributed by atoms with Gasteiger partial charge in [-0.2, -0.15) is 0 Å². The molecule has 0 rings (SSSR count). The molecular formula is C28H56NO3+. The number of rotatable bonds is 22. The monoisotopic (exact) mass is 454 g/mol. The van der Waals surface area contributed by atoms with Gasteiger partial charge < -0.3 is 9.22 Å². The lowest BCUT2D eigenvalue weighted by molar-refractivity contribution is -0.873. The van der Waals surface area contributed by atoms with Gasteiger partial charge in [-0.3, -0.25) is 9.59 Å². The minimum Gasteiger partial charge on any atom is -0.456 e. The van der Waals surface area contributed by atoms with Crippen molar-refractivity contribution in [2.75, 3.05) is 27.7 Å². The number of hydrogen-bond acceptors (Lipinski definition) is 3.